The van der Waals surface area contributed by atoms with Crippen LogP contribution in [0.2, 0.25) is 5.28 Å². The van der Waals surface area contributed by atoms with Gasteiger partial charge in [-0.15, -0.1) is 0 Å². The Morgan fingerprint density at radius 1 is 1.29 bits per heavy atom. The molecule has 0 spiro atoms. The van der Waals surface area contributed by atoms with Gasteiger partial charge in [-0.1, -0.05) is 11.8 Å². The molecule has 0 amide bonds. The average molecular weight is 273 g/mol. The quantitative estimate of drug-likeness (QED) is 0.613. The van der Waals surface area contributed by atoms with Crippen LogP contribution in [0.25, 0.3) is 0 Å². The van der Waals surface area contributed by atoms with Crippen LogP contribution in [-0.4, -0.2) is 9.97 Å². The van der Waals surface area contributed by atoms with E-state index in [4.69, 9.17) is 11.6 Å². The highest BCUT2D eigenvalue weighted by molar-refractivity contribution is 7.99. The Labute approximate surface area is 106 Å². The molecule has 0 atom stereocenters. The molecule has 2 rings (SSSR count). The monoisotopic (exact) mass is 272 g/mol. The van der Waals surface area contributed by atoms with Crippen LogP contribution in [-0.2, 0) is 0 Å². The molecule has 2 aromatic rings. The Bertz CT molecular complexity index is 563. The summed E-state index contributed by atoms with van der Waals surface area (Å²) in [6, 6.07) is 3.40. The number of benzene rings is 1. The van der Waals surface area contributed by atoms with E-state index in [1.165, 1.54) is 12.1 Å². The van der Waals surface area contributed by atoms with E-state index in [9.17, 15) is 8.78 Å². The molecule has 0 unspecified atom stereocenters. The Hall–Kier alpha value is -1.20. The lowest BCUT2D eigenvalue weighted by Gasteiger charge is -2.05. The minimum atomic E-state index is -0.621. The SMILES string of the molecule is Cc1cnc(Cl)nc1Sc1ccc(F)cc1F. The van der Waals surface area contributed by atoms with Gasteiger partial charge in [-0.05, 0) is 30.7 Å². The zero-order valence-corrected chi connectivity index (χ0v) is 10.3. The molecule has 0 fully saturated rings. The van der Waals surface area contributed by atoms with Crippen molar-refractivity contribution in [2.75, 3.05) is 0 Å². The third-order valence-electron chi connectivity index (χ3n) is 2.00. The highest BCUT2D eigenvalue weighted by atomic mass is 35.5. The summed E-state index contributed by atoms with van der Waals surface area (Å²) in [4.78, 5) is 8.09. The summed E-state index contributed by atoms with van der Waals surface area (Å²) < 4.78 is 26.2. The number of aromatic nitrogens is 2. The molecular formula is C11H7ClF2N2S. The van der Waals surface area contributed by atoms with E-state index in [1.54, 1.807) is 13.1 Å². The standard InChI is InChI=1S/C11H7ClF2N2S/c1-6-5-15-11(12)16-10(6)17-9-3-2-7(13)4-8(9)14/h2-5H,1H3. The first kappa shape index (κ1) is 12.3. The van der Waals surface area contributed by atoms with Crippen LogP contribution < -0.4 is 0 Å². The maximum Gasteiger partial charge on any atom is 0.223 e. The minimum absolute atomic E-state index is 0.0978. The molecular weight excluding hydrogens is 266 g/mol. The summed E-state index contributed by atoms with van der Waals surface area (Å²) in [5.74, 6) is -1.23. The van der Waals surface area contributed by atoms with Crippen molar-refractivity contribution in [2.24, 2.45) is 0 Å². The Balaban J connectivity index is 2.34. The molecule has 1 heterocycles. The summed E-state index contributed by atoms with van der Waals surface area (Å²) >= 11 is 6.75. The van der Waals surface area contributed by atoms with Crippen LogP contribution in [0.4, 0.5) is 8.78 Å². The highest BCUT2D eigenvalue weighted by Crippen LogP contribution is 2.31. The van der Waals surface area contributed by atoms with Crippen molar-refractivity contribution in [1.29, 1.82) is 0 Å². The van der Waals surface area contributed by atoms with Gasteiger partial charge in [0.25, 0.3) is 0 Å². The molecule has 0 N–H and O–H groups in total. The summed E-state index contributed by atoms with van der Waals surface area (Å²) in [7, 11) is 0. The van der Waals surface area contributed by atoms with Crippen LogP contribution in [0.15, 0.2) is 34.3 Å². The molecule has 0 aliphatic carbocycles. The molecule has 17 heavy (non-hydrogen) atoms. The second-order valence-electron chi connectivity index (χ2n) is 3.30. The summed E-state index contributed by atoms with van der Waals surface area (Å²) in [5, 5.41) is 0.649. The van der Waals surface area contributed by atoms with Gasteiger partial charge in [-0.25, -0.2) is 18.7 Å². The van der Waals surface area contributed by atoms with E-state index in [1.807, 2.05) is 0 Å². The molecule has 88 valence electrons. The molecule has 0 aliphatic rings. The number of hydrogen-bond acceptors (Lipinski definition) is 3. The summed E-state index contributed by atoms with van der Waals surface area (Å²) in [6.45, 7) is 1.79. The Morgan fingerprint density at radius 2 is 2.06 bits per heavy atom. The predicted octanol–water partition coefficient (Wildman–Crippen LogP) is 3.87. The molecule has 1 aromatic carbocycles. The van der Waals surface area contributed by atoms with Crippen LogP contribution in [0.5, 0.6) is 0 Å². The second kappa shape index (κ2) is 4.98. The van der Waals surface area contributed by atoms with E-state index in [2.05, 4.69) is 9.97 Å². The fourth-order valence-electron chi connectivity index (χ4n) is 1.17. The van der Waals surface area contributed by atoms with Crippen LogP contribution in [0.3, 0.4) is 0 Å². The zero-order valence-electron chi connectivity index (χ0n) is 8.75. The van der Waals surface area contributed by atoms with Crippen molar-refractivity contribution in [3.8, 4) is 0 Å². The first-order valence-electron chi connectivity index (χ1n) is 4.68. The third-order valence-corrected chi connectivity index (χ3v) is 3.34. The molecule has 0 aliphatic heterocycles. The van der Waals surface area contributed by atoms with E-state index < -0.39 is 11.6 Å². The molecule has 1 aromatic heterocycles. The van der Waals surface area contributed by atoms with E-state index in [0.717, 1.165) is 23.4 Å². The minimum Gasteiger partial charge on any atom is -0.226 e. The first-order valence-corrected chi connectivity index (χ1v) is 5.88. The van der Waals surface area contributed by atoms with Gasteiger partial charge in [0.05, 0.1) is 0 Å². The van der Waals surface area contributed by atoms with Crippen molar-refractivity contribution in [3.05, 3.63) is 46.9 Å². The highest BCUT2D eigenvalue weighted by Gasteiger charge is 2.09. The topological polar surface area (TPSA) is 25.8 Å². The number of hydrogen-bond donors (Lipinski definition) is 0. The molecule has 0 saturated carbocycles. The van der Waals surface area contributed by atoms with Crippen molar-refractivity contribution in [3.63, 3.8) is 0 Å². The lowest BCUT2D eigenvalue weighted by molar-refractivity contribution is 0.565. The van der Waals surface area contributed by atoms with Gasteiger partial charge < -0.3 is 0 Å². The number of aryl methyl sites for hydroxylation is 1. The number of nitrogens with zero attached hydrogens (tertiary/aromatic N) is 2. The average Bonchev–Trinajstić information content (AvgIpc) is 2.27. The van der Waals surface area contributed by atoms with Gasteiger partial charge in [-0.3, -0.25) is 0 Å². The van der Waals surface area contributed by atoms with Gasteiger partial charge in [0.15, 0.2) is 0 Å². The zero-order chi connectivity index (χ0) is 12.4. The van der Waals surface area contributed by atoms with Crippen molar-refractivity contribution >= 4 is 23.4 Å². The van der Waals surface area contributed by atoms with E-state index in [0.29, 0.717) is 9.92 Å². The largest absolute Gasteiger partial charge is 0.226 e. The lowest BCUT2D eigenvalue weighted by atomic mass is 10.3. The normalized spacial score (nSPS) is 10.6. The molecule has 2 nitrogen and oxygen atoms in total. The van der Waals surface area contributed by atoms with Gasteiger partial charge in [-0.2, -0.15) is 0 Å². The molecule has 0 radical (unpaired) electrons. The van der Waals surface area contributed by atoms with Crippen LogP contribution >= 0.6 is 23.4 Å². The Morgan fingerprint density at radius 3 is 2.76 bits per heavy atom. The molecule has 0 saturated heterocycles. The maximum absolute atomic E-state index is 13.4. The van der Waals surface area contributed by atoms with E-state index in [-0.39, 0.29) is 5.28 Å². The number of halogens is 3. The fraction of sp³-hybridized carbons (Fsp3) is 0.0909. The smallest absolute Gasteiger partial charge is 0.223 e. The summed E-state index contributed by atoms with van der Waals surface area (Å²) in [5.41, 5.74) is 0.781. The fourth-order valence-corrected chi connectivity index (χ4v) is 2.20. The lowest BCUT2D eigenvalue weighted by Crippen LogP contribution is -1.91. The number of rotatable bonds is 2. The van der Waals surface area contributed by atoms with E-state index >= 15 is 0 Å². The van der Waals surface area contributed by atoms with Crippen LogP contribution in [0, 0.1) is 18.6 Å². The van der Waals surface area contributed by atoms with Gasteiger partial charge in [0.1, 0.15) is 16.7 Å². The third kappa shape index (κ3) is 2.92. The van der Waals surface area contributed by atoms with Crippen molar-refractivity contribution in [1.82, 2.24) is 9.97 Å². The Kier molecular flexibility index (Phi) is 3.59. The van der Waals surface area contributed by atoms with Crippen molar-refractivity contribution in [2.45, 2.75) is 16.8 Å². The molecule has 0 bridgehead atoms. The van der Waals surface area contributed by atoms with Gasteiger partial charge >= 0.3 is 0 Å². The first-order chi connectivity index (χ1) is 8.06. The summed E-state index contributed by atoms with van der Waals surface area (Å²) in [6.07, 6.45) is 1.55. The maximum atomic E-state index is 13.4. The predicted molar refractivity (Wildman–Crippen MR) is 62.3 cm³/mol. The van der Waals surface area contributed by atoms with Gasteiger partial charge in [0, 0.05) is 22.7 Å². The second-order valence-corrected chi connectivity index (χ2v) is 4.67. The molecule has 6 heteroatoms. The van der Waals surface area contributed by atoms with Crippen LogP contribution in [0.1, 0.15) is 5.56 Å². The van der Waals surface area contributed by atoms with Crippen molar-refractivity contribution < 1.29 is 8.78 Å². The van der Waals surface area contributed by atoms with Gasteiger partial charge in [0.2, 0.25) is 5.28 Å².